The van der Waals surface area contributed by atoms with Crippen LogP contribution >= 0.6 is 11.8 Å². The molecule has 9 heteroatoms. The van der Waals surface area contributed by atoms with Gasteiger partial charge in [-0.1, -0.05) is 48.0 Å². The van der Waals surface area contributed by atoms with E-state index in [0.717, 1.165) is 16.0 Å². The molecule has 1 aliphatic rings. The number of carbonyl (C=O) groups is 3. The van der Waals surface area contributed by atoms with Crippen LogP contribution < -0.4 is 25.4 Å². The molecule has 0 unspecified atom stereocenters. The van der Waals surface area contributed by atoms with Crippen molar-refractivity contribution in [2.45, 2.75) is 11.8 Å². The van der Waals surface area contributed by atoms with Crippen molar-refractivity contribution >= 4 is 46.9 Å². The third-order valence-electron chi connectivity index (χ3n) is 6.19. The highest BCUT2D eigenvalue weighted by Gasteiger charge is 2.16. The van der Waals surface area contributed by atoms with Crippen LogP contribution in [0.5, 0.6) is 11.5 Å². The summed E-state index contributed by atoms with van der Waals surface area (Å²) in [6, 6.07) is 28.8. The van der Waals surface area contributed by atoms with E-state index in [9.17, 15) is 14.4 Å². The number of hydrogen-bond donors (Lipinski definition) is 3. The van der Waals surface area contributed by atoms with Gasteiger partial charge in [0, 0.05) is 27.9 Å². The third kappa shape index (κ3) is 7.80. The molecule has 4 aromatic rings. The van der Waals surface area contributed by atoms with Crippen molar-refractivity contribution < 1.29 is 23.9 Å². The Hall–Kier alpha value is -5.02. The number of ether oxygens (including phenoxy) is 2. The molecule has 0 radical (unpaired) electrons. The zero-order chi connectivity index (χ0) is 29.3. The highest BCUT2D eigenvalue weighted by molar-refractivity contribution is 8.00. The van der Waals surface area contributed by atoms with Crippen molar-refractivity contribution in [3.8, 4) is 11.5 Å². The standard InChI is InChI=1S/C33H29N3O5S/c1-22-6-5-7-23(18-22)19-28(36-32(38)24-8-3-2-4-9-24)33(39)35-25-10-13-27(14-11-25)42-21-31(37)34-26-12-15-29-30(20-26)41-17-16-40-29/h2-15,18-20H,16-17,21H2,1H3,(H,34,37)(H,35,39)(H,36,38)/b28-19-. The van der Waals surface area contributed by atoms with Gasteiger partial charge in [-0.2, -0.15) is 0 Å². The van der Waals surface area contributed by atoms with Gasteiger partial charge in [0.15, 0.2) is 11.5 Å². The van der Waals surface area contributed by atoms with Gasteiger partial charge in [0.05, 0.1) is 5.75 Å². The fraction of sp³-hybridized carbons (Fsp3) is 0.121. The Bertz CT molecular complexity index is 1620. The van der Waals surface area contributed by atoms with Crippen LogP contribution in [-0.2, 0) is 9.59 Å². The first kappa shape index (κ1) is 28.5. The molecule has 0 saturated heterocycles. The minimum Gasteiger partial charge on any atom is -0.486 e. The van der Waals surface area contributed by atoms with E-state index in [4.69, 9.17) is 9.47 Å². The monoisotopic (exact) mass is 579 g/mol. The van der Waals surface area contributed by atoms with Crippen molar-refractivity contribution in [3.63, 3.8) is 0 Å². The lowest BCUT2D eigenvalue weighted by Gasteiger charge is -2.19. The molecule has 8 nitrogen and oxygen atoms in total. The summed E-state index contributed by atoms with van der Waals surface area (Å²) < 4.78 is 11.1. The van der Waals surface area contributed by atoms with Crippen LogP contribution in [-0.4, -0.2) is 36.7 Å². The number of rotatable bonds is 9. The summed E-state index contributed by atoms with van der Waals surface area (Å²) in [6.07, 6.45) is 1.65. The molecule has 0 aliphatic carbocycles. The minimum absolute atomic E-state index is 0.115. The number of carbonyl (C=O) groups excluding carboxylic acids is 3. The summed E-state index contributed by atoms with van der Waals surface area (Å²) in [5.74, 6) is 0.479. The van der Waals surface area contributed by atoms with Gasteiger partial charge in [-0.05, 0) is 67.1 Å². The lowest BCUT2D eigenvalue weighted by atomic mass is 10.1. The summed E-state index contributed by atoms with van der Waals surface area (Å²) in [6.45, 7) is 2.94. The topological polar surface area (TPSA) is 106 Å². The number of thioether (sulfide) groups is 1. The maximum absolute atomic E-state index is 13.3. The molecule has 5 rings (SSSR count). The zero-order valence-electron chi connectivity index (χ0n) is 22.9. The maximum Gasteiger partial charge on any atom is 0.272 e. The van der Waals surface area contributed by atoms with Crippen LogP contribution in [0.3, 0.4) is 0 Å². The molecule has 0 atom stereocenters. The van der Waals surface area contributed by atoms with Crippen molar-refractivity contribution in [2.24, 2.45) is 0 Å². The fourth-order valence-electron chi connectivity index (χ4n) is 4.17. The highest BCUT2D eigenvalue weighted by Crippen LogP contribution is 2.32. The van der Waals surface area contributed by atoms with Gasteiger partial charge >= 0.3 is 0 Å². The zero-order valence-corrected chi connectivity index (χ0v) is 23.7. The molecule has 1 heterocycles. The number of benzene rings is 4. The van der Waals surface area contributed by atoms with Crippen LogP contribution in [0.25, 0.3) is 6.08 Å². The number of hydrogen-bond acceptors (Lipinski definition) is 6. The van der Waals surface area contributed by atoms with E-state index in [1.807, 2.05) is 49.4 Å². The lowest BCUT2D eigenvalue weighted by Crippen LogP contribution is -2.30. The second-order valence-electron chi connectivity index (χ2n) is 9.47. The molecular formula is C33H29N3O5S. The first-order valence-corrected chi connectivity index (χ1v) is 14.3. The van der Waals surface area contributed by atoms with Crippen LogP contribution in [0.1, 0.15) is 21.5 Å². The second kappa shape index (κ2) is 13.6. The summed E-state index contributed by atoms with van der Waals surface area (Å²) >= 11 is 1.37. The van der Waals surface area contributed by atoms with Gasteiger partial charge in [-0.25, -0.2) is 0 Å². The SMILES string of the molecule is Cc1cccc(/C=C(\NC(=O)c2ccccc2)C(=O)Nc2ccc(SCC(=O)Nc3ccc4c(c3)OCCO4)cc2)c1. The lowest BCUT2D eigenvalue weighted by molar-refractivity contribution is -0.114. The number of anilines is 2. The second-order valence-corrected chi connectivity index (χ2v) is 10.5. The van der Waals surface area contributed by atoms with Crippen LogP contribution in [0.4, 0.5) is 11.4 Å². The van der Waals surface area contributed by atoms with E-state index in [1.54, 1.807) is 60.7 Å². The van der Waals surface area contributed by atoms with Gasteiger partial charge in [-0.3, -0.25) is 14.4 Å². The average Bonchev–Trinajstić information content (AvgIpc) is 3.01. The van der Waals surface area contributed by atoms with Crippen molar-refractivity contribution in [1.29, 1.82) is 0 Å². The maximum atomic E-state index is 13.3. The normalized spacial score (nSPS) is 12.3. The molecule has 0 bridgehead atoms. The number of nitrogens with one attached hydrogen (secondary N) is 3. The smallest absolute Gasteiger partial charge is 0.272 e. The van der Waals surface area contributed by atoms with Crippen molar-refractivity contribution in [2.75, 3.05) is 29.6 Å². The first-order chi connectivity index (χ1) is 20.4. The van der Waals surface area contributed by atoms with Crippen LogP contribution in [0.2, 0.25) is 0 Å². The quantitative estimate of drug-likeness (QED) is 0.168. The van der Waals surface area contributed by atoms with Gasteiger partial charge in [0.25, 0.3) is 11.8 Å². The Morgan fingerprint density at radius 1 is 0.786 bits per heavy atom. The van der Waals surface area contributed by atoms with Gasteiger partial charge in [0.2, 0.25) is 5.91 Å². The Kier molecular flexibility index (Phi) is 9.20. The molecule has 1 aliphatic heterocycles. The largest absolute Gasteiger partial charge is 0.486 e. The molecular weight excluding hydrogens is 550 g/mol. The van der Waals surface area contributed by atoms with E-state index in [-0.39, 0.29) is 23.3 Å². The molecule has 4 aromatic carbocycles. The molecule has 0 saturated carbocycles. The van der Waals surface area contributed by atoms with Crippen LogP contribution in [0.15, 0.2) is 108 Å². The first-order valence-electron chi connectivity index (χ1n) is 13.3. The predicted octanol–water partition coefficient (Wildman–Crippen LogP) is 5.91. The Morgan fingerprint density at radius 3 is 2.29 bits per heavy atom. The average molecular weight is 580 g/mol. The summed E-state index contributed by atoms with van der Waals surface area (Å²) in [7, 11) is 0. The molecule has 212 valence electrons. The minimum atomic E-state index is -0.458. The molecule has 0 fully saturated rings. The van der Waals surface area contributed by atoms with Gasteiger partial charge in [0.1, 0.15) is 18.9 Å². The van der Waals surface area contributed by atoms with Crippen LogP contribution in [0, 0.1) is 6.92 Å². The number of fused-ring (bicyclic) bond motifs is 1. The Morgan fingerprint density at radius 2 is 1.52 bits per heavy atom. The molecule has 0 aromatic heterocycles. The molecule has 42 heavy (non-hydrogen) atoms. The molecule has 3 N–H and O–H groups in total. The number of aryl methyl sites for hydroxylation is 1. The highest BCUT2D eigenvalue weighted by atomic mass is 32.2. The number of amides is 3. The van der Waals surface area contributed by atoms with E-state index >= 15 is 0 Å². The predicted molar refractivity (Wildman–Crippen MR) is 165 cm³/mol. The summed E-state index contributed by atoms with van der Waals surface area (Å²) in [5, 5.41) is 8.47. The van der Waals surface area contributed by atoms with E-state index in [0.29, 0.717) is 41.7 Å². The summed E-state index contributed by atoms with van der Waals surface area (Å²) in [4.78, 5) is 39.5. The Balaban J connectivity index is 1.20. The third-order valence-corrected chi connectivity index (χ3v) is 7.20. The van der Waals surface area contributed by atoms with Crippen molar-refractivity contribution in [1.82, 2.24) is 5.32 Å². The Labute approximate surface area is 248 Å². The van der Waals surface area contributed by atoms with Gasteiger partial charge in [-0.15, -0.1) is 11.8 Å². The molecule has 3 amide bonds. The van der Waals surface area contributed by atoms with Gasteiger partial charge < -0.3 is 25.4 Å². The fourth-order valence-corrected chi connectivity index (χ4v) is 4.87. The van der Waals surface area contributed by atoms with E-state index in [1.165, 1.54) is 11.8 Å². The van der Waals surface area contributed by atoms with E-state index in [2.05, 4.69) is 16.0 Å². The summed E-state index contributed by atoms with van der Waals surface area (Å²) in [5.41, 5.74) is 3.57. The van der Waals surface area contributed by atoms with E-state index < -0.39 is 5.91 Å². The van der Waals surface area contributed by atoms with Crippen molar-refractivity contribution in [3.05, 3.63) is 119 Å². The molecule has 0 spiro atoms.